The van der Waals surface area contributed by atoms with E-state index in [1.54, 1.807) is 6.07 Å². The predicted molar refractivity (Wildman–Crippen MR) is 152 cm³/mol. The van der Waals surface area contributed by atoms with E-state index in [1.165, 1.54) is 19.3 Å². The van der Waals surface area contributed by atoms with Gasteiger partial charge in [-0.3, -0.25) is 9.59 Å². The average Bonchev–Trinajstić information content (AvgIpc) is 3.31. The van der Waals surface area contributed by atoms with Crippen LogP contribution in [-0.2, 0) is 17.6 Å². The average molecular weight is 545 g/mol. The lowest BCUT2D eigenvalue weighted by atomic mass is 9.94. The molecular formula is C28H37ClN4O3S. The van der Waals surface area contributed by atoms with Crippen LogP contribution in [0.5, 0.6) is 5.75 Å². The molecule has 0 radical (unpaired) electrons. The van der Waals surface area contributed by atoms with Gasteiger partial charge in [0, 0.05) is 37.1 Å². The van der Waals surface area contributed by atoms with Crippen LogP contribution in [0.2, 0.25) is 5.02 Å². The third-order valence-corrected chi connectivity index (χ3v) is 8.45. The number of carbonyl (C=O) groups is 1. The number of aromatic nitrogens is 1. The fourth-order valence-corrected chi connectivity index (χ4v) is 6.24. The summed E-state index contributed by atoms with van der Waals surface area (Å²) in [7, 11) is 0. The van der Waals surface area contributed by atoms with Crippen LogP contribution in [0.25, 0.3) is 10.2 Å². The molecule has 3 aromatic rings. The van der Waals surface area contributed by atoms with E-state index in [9.17, 15) is 14.7 Å². The van der Waals surface area contributed by atoms with E-state index in [0.29, 0.717) is 31.1 Å². The van der Waals surface area contributed by atoms with Gasteiger partial charge in [-0.15, -0.1) is 0 Å². The van der Waals surface area contributed by atoms with Crippen molar-refractivity contribution in [3.05, 3.63) is 62.2 Å². The SMILES string of the molecule is O=C(CCNCCc1ccccc1Cl)N(CCNCCc1ccc(O)c2[nH]c(=O)sc12)C1CCCCC1. The number of rotatable bonds is 13. The Morgan fingerprint density at radius 2 is 1.73 bits per heavy atom. The lowest BCUT2D eigenvalue weighted by Crippen LogP contribution is -2.45. The molecule has 1 aromatic heterocycles. The van der Waals surface area contributed by atoms with Gasteiger partial charge in [0.1, 0.15) is 11.3 Å². The van der Waals surface area contributed by atoms with Crippen LogP contribution in [0.3, 0.4) is 0 Å². The number of phenols is 1. The normalized spacial score (nSPS) is 14.3. The number of hydrogen-bond donors (Lipinski definition) is 4. The van der Waals surface area contributed by atoms with Crippen LogP contribution in [0.15, 0.2) is 41.2 Å². The van der Waals surface area contributed by atoms with Crippen molar-refractivity contribution >= 4 is 39.1 Å². The van der Waals surface area contributed by atoms with Gasteiger partial charge in [0.2, 0.25) is 5.91 Å². The molecule has 0 atom stereocenters. The molecule has 0 spiro atoms. The largest absolute Gasteiger partial charge is 0.506 e. The van der Waals surface area contributed by atoms with Crippen LogP contribution in [0.4, 0.5) is 0 Å². The summed E-state index contributed by atoms with van der Waals surface area (Å²) in [5.74, 6) is 0.321. The second-order valence-electron chi connectivity index (χ2n) is 9.68. The Balaban J connectivity index is 1.22. The van der Waals surface area contributed by atoms with Gasteiger partial charge in [0.05, 0.1) is 4.70 Å². The van der Waals surface area contributed by atoms with E-state index >= 15 is 0 Å². The van der Waals surface area contributed by atoms with Crippen molar-refractivity contribution in [3.8, 4) is 5.75 Å². The summed E-state index contributed by atoms with van der Waals surface area (Å²) in [5, 5.41) is 17.6. The number of halogens is 1. The fourth-order valence-electron chi connectivity index (χ4n) is 5.11. The van der Waals surface area contributed by atoms with Crippen molar-refractivity contribution in [2.24, 2.45) is 0 Å². The molecular weight excluding hydrogens is 508 g/mol. The molecule has 9 heteroatoms. The van der Waals surface area contributed by atoms with Gasteiger partial charge in [0.15, 0.2) is 0 Å². The Morgan fingerprint density at radius 3 is 2.51 bits per heavy atom. The number of aromatic amines is 1. The van der Waals surface area contributed by atoms with Gasteiger partial charge in [-0.25, -0.2) is 0 Å². The molecule has 1 amide bonds. The predicted octanol–water partition coefficient (Wildman–Crippen LogP) is 4.46. The number of fused-ring (bicyclic) bond motifs is 1. The molecule has 37 heavy (non-hydrogen) atoms. The minimum absolute atomic E-state index is 0.102. The first-order valence-corrected chi connectivity index (χ1v) is 14.5. The highest BCUT2D eigenvalue weighted by atomic mass is 35.5. The maximum Gasteiger partial charge on any atom is 0.305 e. The lowest BCUT2D eigenvalue weighted by Gasteiger charge is -2.34. The Labute approximate surface area is 227 Å². The second kappa shape index (κ2) is 14.0. The van der Waals surface area contributed by atoms with Gasteiger partial charge < -0.3 is 25.6 Å². The van der Waals surface area contributed by atoms with E-state index < -0.39 is 0 Å². The van der Waals surface area contributed by atoms with E-state index in [1.807, 2.05) is 30.3 Å². The smallest absolute Gasteiger partial charge is 0.305 e. The van der Waals surface area contributed by atoms with Crippen molar-refractivity contribution in [1.82, 2.24) is 20.5 Å². The third-order valence-electron chi connectivity index (χ3n) is 7.12. The molecule has 0 saturated heterocycles. The molecule has 1 fully saturated rings. The van der Waals surface area contributed by atoms with Crippen molar-refractivity contribution in [1.29, 1.82) is 0 Å². The standard InChI is InChI=1S/C28H37ClN4O3S/c29-23-9-5-4-6-20(23)12-15-30-17-14-25(35)33(22-7-2-1-3-8-22)19-18-31-16-13-21-10-11-24(34)26-27(21)37-28(36)32-26/h4-6,9-11,22,30-31,34H,1-3,7-8,12-19H2,(H,32,36). The van der Waals surface area contributed by atoms with Gasteiger partial charge in [0.25, 0.3) is 0 Å². The molecule has 2 aromatic carbocycles. The maximum atomic E-state index is 13.2. The topological polar surface area (TPSA) is 97.5 Å². The first-order chi connectivity index (χ1) is 18.0. The van der Waals surface area contributed by atoms with Crippen LogP contribution < -0.4 is 15.5 Å². The van der Waals surface area contributed by atoms with E-state index in [4.69, 9.17) is 11.6 Å². The van der Waals surface area contributed by atoms with Gasteiger partial charge in [-0.05, 0) is 62.0 Å². The van der Waals surface area contributed by atoms with Crippen molar-refractivity contribution < 1.29 is 9.90 Å². The summed E-state index contributed by atoms with van der Waals surface area (Å²) in [6.45, 7) is 3.62. The third kappa shape index (κ3) is 7.80. The molecule has 1 aliphatic rings. The van der Waals surface area contributed by atoms with Crippen molar-refractivity contribution in [2.75, 3.05) is 32.7 Å². The number of carbonyl (C=O) groups excluding carboxylic acids is 1. The minimum atomic E-state index is -0.161. The quantitative estimate of drug-likeness (QED) is 0.238. The van der Waals surface area contributed by atoms with Crippen molar-refractivity contribution in [3.63, 3.8) is 0 Å². The second-order valence-corrected chi connectivity index (χ2v) is 11.1. The number of nitrogens with zero attached hydrogens (tertiary/aromatic N) is 1. The van der Waals surface area contributed by atoms with Crippen LogP contribution in [-0.4, -0.2) is 59.7 Å². The molecule has 1 heterocycles. The highest BCUT2D eigenvalue weighted by Gasteiger charge is 2.24. The fraction of sp³-hybridized carbons (Fsp3) is 0.500. The van der Waals surface area contributed by atoms with Gasteiger partial charge in [-0.2, -0.15) is 0 Å². The lowest BCUT2D eigenvalue weighted by molar-refractivity contribution is -0.134. The number of nitrogens with one attached hydrogen (secondary N) is 3. The number of benzene rings is 2. The highest BCUT2D eigenvalue weighted by molar-refractivity contribution is 7.16. The molecule has 7 nitrogen and oxygen atoms in total. The number of H-pyrrole nitrogens is 1. The zero-order valence-electron chi connectivity index (χ0n) is 21.2. The Hall–Kier alpha value is -2.39. The number of amides is 1. The number of phenolic OH excluding ortho intramolecular Hbond substituents is 1. The monoisotopic (exact) mass is 544 g/mol. The maximum absolute atomic E-state index is 13.2. The van der Waals surface area contributed by atoms with Gasteiger partial charge >= 0.3 is 4.87 Å². The van der Waals surface area contributed by atoms with E-state index in [2.05, 4.69) is 20.5 Å². The summed E-state index contributed by atoms with van der Waals surface area (Å²) in [5.41, 5.74) is 2.67. The zero-order chi connectivity index (χ0) is 26.0. The molecule has 0 unspecified atom stereocenters. The molecule has 0 aliphatic heterocycles. The zero-order valence-corrected chi connectivity index (χ0v) is 22.8. The Morgan fingerprint density at radius 1 is 1.00 bits per heavy atom. The number of hydrogen-bond acceptors (Lipinski definition) is 6. The minimum Gasteiger partial charge on any atom is -0.506 e. The van der Waals surface area contributed by atoms with E-state index in [0.717, 1.165) is 77.5 Å². The molecule has 1 saturated carbocycles. The van der Waals surface area contributed by atoms with Crippen LogP contribution in [0.1, 0.15) is 49.7 Å². The number of aromatic hydroxyl groups is 1. The van der Waals surface area contributed by atoms with Crippen molar-refractivity contribution in [2.45, 2.75) is 57.4 Å². The van der Waals surface area contributed by atoms with Gasteiger partial charge in [-0.1, -0.05) is 66.5 Å². The van der Waals surface area contributed by atoms with E-state index in [-0.39, 0.29) is 16.5 Å². The number of thiazole rings is 1. The first kappa shape index (κ1) is 27.6. The summed E-state index contributed by atoms with van der Waals surface area (Å²) >= 11 is 7.37. The highest BCUT2D eigenvalue weighted by Crippen LogP contribution is 2.28. The molecule has 4 rings (SSSR count). The molecule has 0 bridgehead atoms. The summed E-state index contributed by atoms with van der Waals surface area (Å²) in [6, 6.07) is 11.7. The van der Waals surface area contributed by atoms with Crippen LogP contribution >= 0.6 is 22.9 Å². The summed E-state index contributed by atoms with van der Waals surface area (Å²) in [4.78, 5) is 29.6. The summed E-state index contributed by atoms with van der Waals surface area (Å²) in [6.07, 6.45) is 7.90. The molecule has 1 aliphatic carbocycles. The molecule has 200 valence electrons. The Bertz CT molecular complexity index is 1220. The first-order valence-electron chi connectivity index (χ1n) is 13.3. The summed E-state index contributed by atoms with van der Waals surface area (Å²) < 4.78 is 0.813. The van der Waals surface area contributed by atoms with Crippen LogP contribution in [0, 0.1) is 0 Å². The molecule has 4 N–H and O–H groups in total. The Kier molecular flexibility index (Phi) is 10.4.